The number of halogens is 1. The van der Waals surface area contributed by atoms with Gasteiger partial charge >= 0.3 is 0 Å². The van der Waals surface area contributed by atoms with Crippen molar-refractivity contribution in [2.75, 3.05) is 7.05 Å². The maximum atomic E-state index is 13.7. The van der Waals surface area contributed by atoms with Gasteiger partial charge in [0.1, 0.15) is 5.82 Å². The predicted octanol–water partition coefficient (Wildman–Crippen LogP) is 2.98. The largest absolute Gasteiger partial charge is 0.339 e. The summed E-state index contributed by atoms with van der Waals surface area (Å²) < 4.78 is 18.9. The second kappa shape index (κ2) is 5.93. The third-order valence-corrected chi connectivity index (χ3v) is 3.37. The molecule has 1 aromatic carbocycles. The lowest BCUT2D eigenvalue weighted by atomic mass is 9.98. The van der Waals surface area contributed by atoms with Gasteiger partial charge in [0.05, 0.1) is 11.5 Å². The molecule has 0 fully saturated rings. The van der Waals surface area contributed by atoms with Crippen LogP contribution in [-0.2, 0) is 0 Å². The molecule has 0 amide bonds. The number of rotatable bonds is 5. The number of aromatic nitrogens is 2. The van der Waals surface area contributed by atoms with Gasteiger partial charge in [0.25, 0.3) is 0 Å². The molecule has 1 N–H and O–H groups in total. The van der Waals surface area contributed by atoms with Crippen molar-refractivity contribution in [3.05, 3.63) is 36.0 Å². The van der Waals surface area contributed by atoms with E-state index in [0.717, 1.165) is 6.42 Å². The van der Waals surface area contributed by atoms with Crippen molar-refractivity contribution in [3.63, 3.8) is 0 Å². The Hall–Kier alpha value is -1.75. The van der Waals surface area contributed by atoms with Gasteiger partial charge in [-0.15, -0.1) is 0 Å². The van der Waals surface area contributed by atoms with Crippen LogP contribution in [-0.4, -0.2) is 23.2 Å². The Balaban J connectivity index is 2.31. The molecule has 1 aromatic heterocycles. The van der Waals surface area contributed by atoms with E-state index in [1.807, 2.05) is 7.05 Å². The zero-order valence-corrected chi connectivity index (χ0v) is 11.4. The van der Waals surface area contributed by atoms with E-state index in [9.17, 15) is 4.39 Å². The molecule has 0 spiro atoms. The molecular formula is C14H18FN3O. The highest BCUT2D eigenvalue weighted by molar-refractivity contribution is 5.54. The topological polar surface area (TPSA) is 51.0 Å². The Morgan fingerprint density at radius 2 is 2.11 bits per heavy atom. The fourth-order valence-electron chi connectivity index (χ4n) is 2.08. The van der Waals surface area contributed by atoms with Crippen LogP contribution in [0, 0.1) is 5.82 Å². The highest BCUT2D eigenvalue weighted by Gasteiger charge is 2.23. The van der Waals surface area contributed by atoms with Crippen LogP contribution in [0.2, 0.25) is 0 Å². The fraction of sp³-hybridized carbons (Fsp3) is 0.429. The normalized spacial score (nSPS) is 14.3. The molecule has 102 valence electrons. The number of benzene rings is 1. The molecule has 0 aliphatic heterocycles. The number of nitrogens with one attached hydrogen (secondary N) is 1. The third-order valence-electron chi connectivity index (χ3n) is 3.37. The minimum Gasteiger partial charge on any atom is -0.339 e. The van der Waals surface area contributed by atoms with E-state index in [0.29, 0.717) is 17.3 Å². The molecule has 2 rings (SSSR count). The van der Waals surface area contributed by atoms with Gasteiger partial charge in [0.15, 0.2) is 0 Å². The first-order chi connectivity index (χ1) is 9.17. The van der Waals surface area contributed by atoms with Gasteiger partial charge in [-0.2, -0.15) is 4.98 Å². The lowest BCUT2D eigenvalue weighted by Crippen LogP contribution is -2.28. The molecule has 0 aliphatic rings. The first-order valence-electron chi connectivity index (χ1n) is 6.43. The zero-order chi connectivity index (χ0) is 13.8. The van der Waals surface area contributed by atoms with E-state index < -0.39 is 0 Å². The van der Waals surface area contributed by atoms with Crippen LogP contribution in [0.25, 0.3) is 11.4 Å². The average molecular weight is 263 g/mol. The summed E-state index contributed by atoms with van der Waals surface area (Å²) in [4.78, 5) is 4.32. The molecule has 4 nitrogen and oxygen atoms in total. The van der Waals surface area contributed by atoms with Crippen molar-refractivity contribution in [3.8, 4) is 11.4 Å². The summed E-state index contributed by atoms with van der Waals surface area (Å²) >= 11 is 0. The molecule has 0 bridgehead atoms. The second-order valence-corrected chi connectivity index (χ2v) is 4.53. The summed E-state index contributed by atoms with van der Waals surface area (Å²) in [5.41, 5.74) is 0.365. The van der Waals surface area contributed by atoms with E-state index in [2.05, 4.69) is 29.3 Å². The lowest BCUT2D eigenvalue weighted by Gasteiger charge is -2.17. The zero-order valence-electron chi connectivity index (χ0n) is 11.4. The van der Waals surface area contributed by atoms with Crippen LogP contribution in [0.5, 0.6) is 0 Å². The minimum atomic E-state index is -0.343. The summed E-state index contributed by atoms with van der Waals surface area (Å²) in [5.74, 6) is 0.625. The van der Waals surface area contributed by atoms with Gasteiger partial charge in [-0.25, -0.2) is 4.39 Å². The lowest BCUT2D eigenvalue weighted by molar-refractivity contribution is 0.322. The van der Waals surface area contributed by atoms with Crippen LogP contribution in [0.3, 0.4) is 0 Å². The Kier molecular flexibility index (Phi) is 4.27. The Labute approximate surface area is 112 Å². The number of nitrogens with zero attached hydrogens (tertiary/aromatic N) is 2. The van der Waals surface area contributed by atoms with Crippen molar-refractivity contribution >= 4 is 0 Å². The number of likely N-dealkylation sites (N-methyl/N-ethyl adjacent to an activating group) is 1. The van der Waals surface area contributed by atoms with E-state index in [1.54, 1.807) is 18.2 Å². The van der Waals surface area contributed by atoms with Gasteiger partial charge in [0, 0.05) is 6.04 Å². The van der Waals surface area contributed by atoms with Crippen LogP contribution >= 0.6 is 0 Å². The molecule has 1 heterocycles. The maximum Gasteiger partial charge on any atom is 0.231 e. The second-order valence-electron chi connectivity index (χ2n) is 4.53. The molecule has 5 heteroatoms. The van der Waals surface area contributed by atoms with Crippen molar-refractivity contribution in [2.24, 2.45) is 0 Å². The number of hydrogen-bond acceptors (Lipinski definition) is 4. The summed E-state index contributed by atoms with van der Waals surface area (Å²) in [5, 5.41) is 7.05. The Bertz CT molecular complexity index is 541. The van der Waals surface area contributed by atoms with E-state index >= 15 is 0 Å². The maximum absolute atomic E-state index is 13.7. The van der Waals surface area contributed by atoms with Gasteiger partial charge in [0.2, 0.25) is 11.7 Å². The van der Waals surface area contributed by atoms with Gasteiger partial charge in [-0.3, -0.25) is 0 Å². The van der Waals surface area contributed by atoms with Crippen LogP contribution in [0.1, 0.15) is 32.1 Å². The Morgan fingerprint density at radius 3 is 2.74 bits per heavy atom. The predicted molar refractivity (Wildman–Crippen MR) is 71.2 cm³/mol. The molecule has 19 heavy (non-hydrogen) atoms. The van der Waals surface area contributed by atoms with Crippen molar-refractivity contribution in [2.45, 2.75) is 32.2 Å². The molecule has 0 saturated heterocycles. The molecule has 0 aliphatic carbocycles. The highest BCUT2D eigenvalue weighted by Crippen LogP contribution is 2.25. The van der Waals surface area contributed by atoms with E-state index in [1.165, 1.54) is 6.07 Å². The molecular weight excluding hydrogens is 245 g/mol. The summed E-state index contributed by atoms with van der Waals surface area (Å²) in [6, 6.07) is 6.64. The van der Waals surface area contributed by atoms with E-state index in [4.69, 9.17) is 4.52 Å². The standard InChI is InChI=1S/C14H18FN3O/c1-4-10(9(2)16-3)14-17-13(18-19-14)11-7-5-6-8-12(11)15/h5-10,16H,4H2,1-3H3. The quantitative estimate of drug-likeness (QED) is 0.901. The molecule has 0 saturated carbocycles. The number of hydrogen-bond donors (Lipinski definition) is 1. The monoisotopic (exact) mass is 263 g/mol. The summed E-state index contributed by atoms with van der Waals surface area (Å²) in [7, 11) is 1.89. The van der Waals surface area contributed by atoms with Crippen molar-refractivity contribution in [1.29, 1.82) is 0 Å². The van der Waals surface area contributed by atoms with Crippen LogP contribution < -0.4 is 5.32 Å². The van der Waals surface area contributed by atoms with Gasteiger partial charge in [-0.05, 0) is 32.5 Å². The van der Waals surface area contributed by atoms with Crippen molar-refractivity contribution in [1.82, 2.24) is 15.5 Å². The summed E-state index contributed by atoms with van der Waals surface area (Å²) in [6.07, 6.45) is 0.876. The molecule has 2 atom stereocenters. The van der Waals surface area contributed by atoms with Crippen molar-refractivity contribution < 1.29 is 8.91 Å². The molecule has 2 aromatic rings. The Morgan fingerprint density at radius 1 is 1.37 bits per heavy atom. The van der Waals surface area contributed by atoms with Crippen LogP contribution in [0.15, 0.2) is 28.8 Å². The van der Waals surface area contributed by atoms with E-state index in [-0.39, 0.29) is 17.8 Å². The first kappa shape index (κ1) is 13.7. The summed E-state index contributed by atoms with van der Waals surface area (Å²) in [6.45, 7) is 4.12. The molecule has 0 radical (unpaired) electrons. The third kappa shape index (κ3) is 2.81. The average Bonchev–Trinajstić information content (AvgIpc) is 2.89. The van der Waals surface area contributed by atoms with Crippen LogP contribution in [0.4, 0.5) is 4.39 Å². The first-order valence-corrected chi connectivity index (χ1v) is 6.43. The molecule has 2 unspecified atom stereocenters. The smallest absolute Gasteiger partial charge is 0.231 e. The van der Waals surface area contributed by atoms with Gasteiger partial charge in [-0.1, -0.05) is 24.2 Å². The minimum absolute atomic E-state index is 0.123. The van der Waals surface area contributed by atoms with Gasteiger partial charge < -0.3 is 9.84 Å². The SMILES string of the molecule is CCC(c1nc(-c2ccccc2F)no1)C(C)NC. The fourth-order valence-corrected chi connectivity index (χ4v) is 2.08. The highest BCUT2D eigenvalue weighted by atomic mass is 19.1.